The second kappa shape index (κ2) is 5.39. The van der Waals surface area contributed by atoms with E-state index in [1.807, 2.05) is 13.8 Å². The maximum atomic E-state index is 12.0. The van der Waals surface area contributed by atoms with Crippen molar-refractivity contribution in [2.45, 2.75) is 45.4 Å². The molecule has 1 aliphatic rings. The van der Waals surface area contributed by atoms with Crippen LogP contribution in [0.15, 0.2) is 6.20 Å². The third kappa shape index (κ3) is 2.64. The number of nitrogen functional groups attached to an aromatic ring is 1. The van der Waals surface area contributed by atoms with E-state index in [4.69, 9.17) is 10.5 Å². The number of aryl methyl sites for hydroxylation is 1. The predicted molar refractivity (Wildman–Crippen MR) is 68.2 cm³/mol. The molecule has 18 heavy (non-hydrogen) atoms. The third-order valence-corrected chi connectivity index (χ3v) is 3.16. The fourth-order valence-corrected chi connectivity index (χ4v) is 2.08. The maximum absolute atomic E-state index is 12.0. The van der Waals surface area contributed by atoms with E-state index in [2.05, 4.69) is 10.4 Å². The fraction of sp³-hybridized carbons (Fsp3) is 0.667. The number of aromatic nitrogens is 2. The summed E-state index contributed by atoms with van der Waals surface area (Å²) in [5.41, 5.74) is 6.50. The highest BCUT2D eigenvalue weighted by atomic mass is 16.5. The van der Waals surface area contributed by atoms with Crippen molar-refractivity contribution in [3.63, 3.8) is 0 Å². The van der Waals surface area contributed by atoms with Gasteiger partial charge in [0.2, 0.25) is 0 Å². The number of nitrogens with one attached hydrogen (secondary N) is 1. The quantitative estimate of drug-likeness (QED) is 0.811. The zero-order valence-corrected chi connectivity index (χ0v) is 10.8. The third-order valence-electron chi connectivity index (χ3n) is 3.16. The normalized spacial score (nSPS) is 22.6. The smallest absolute Gasteiger partial charge is 0.274 e. The van der Waals surface area contributed by atoms with Gasteiger partial charge in [-0.05, 0) is 26.7 Å². The number of carbonyl (C=O) groups is 1. The number of rotatable bonds is 5. The van der Waals surface area contributed by atoms with Crippen LogP contribution in [-0.4, -0.2) is 34.4 Å². The van der Waals surface area contributed by atoms with Crippen LogP contribution in [-0.2, 0) is 11.3 Å². The van der Waals surface area contributed by atoms with Gasteiger partial charge in [-0.25, -0.2) is 0 Å². The molecule has 0 unspecified atom stereocenters. The summed E-state index contributed by atoms with van der Waals surface area (Å²) in [7, 11) is 0. The van der Waals surface area contributed by atoms with Gasteiger partial charge >= 0.3 is 0 Å². The summed E-state index contributed by atoms with van der Waals surface area (Å²) < 4.78 is 7.11. The molecule has 3 N–H and O–H groups in total. The van der Waals surface area contributed by atoms with Crippen molar-refractivity contribution in [3.05, 3.63) is 11.9 Å². The first-order chi connectivity index (χ1) is 8.63. The molecule has 1 aliphatic carbocycles. The second-order valence-electron chi connectivity index (χ2n) is 4.51. The van der Waals surface area contributed by atoms with Crippen LogP contribution >= 0.6 is 0 Å². The molecule has 1 amide bonds. The van der Waals surface area contributed by atoms with E-state index < -0.39 is 0 Å². The molecule has 0 radical (unpaired) electrons. The topological polar surface area (TPSA) is 82.2 Å². The summed E-state index contributed by atoms with van der Waals surface area (Å²) >= 11 is 0. The number of carbonyl (C=O) groups excluding carboxylic acids is 1. The van der Waals surface area contributed by atoms with Gasteiger partial charge in [0, 0.05) is 25.4 Å². The Morgan fingerprint density at radius 1 is 1.61 bits per heavy atom. The minimum Gasteiger partial charge on any atom is -0.396 e. The van der Waals surface area contributed by atoms with Crippen molar-refractivity contribution >= 4 is 11.6 Å². The van der Waals surface area contributed by atoms with Crippen LogP contribution in [0.4, 0.5) is 5.69 Å². The summed E-state index contributed by atoms with van der Waals surface area (Å²) in [5.74, 6) is -0.195. The molecule has 0 bridgehead atoms. The number of hydrogen-bond acceptors (Lipinski definition) is 4. The largest absolute Gasteiger partial charge is 0.396 e. The number of ether oxygens (including phenoxy) is 1. The van der Waals surface area contributed by atoms with Crippen LogP contribution in [0.2, 0.25) is 0 Å². The van der Waals surface area contributed by atoms with Crippen molar-refractivity contribution in [2.75, 3.05) is 12.3 Å². The first-order valence-electron chi connectivity index (χ1n) is 6.39. The molecule has 6 nitrogen and oxygen atoms in total. The highest BCUT2D eigenvalue weighted by Crippen LogP contribution is 2.23. The summed E-state index contributed by atoms with van der Waals surface area (Å²) in [6.07, 6.45) is 3.70. The van der Waals surface area contributed by atoms with E-state index in [1.165, 1.54) is 0 Å². The monoisotopic (exact) mass is 252 g/mol. The number of amides is 1. The predicted octanol–water partition coefficient (Wildman–Crippen LogP) is 0.782. The SMILES string of the molecule is CCOC1CC(NC(=O)c2nn(CC)cc2N)C1. The van der Waals surface area contributed by atoms with E-state index >= 15 is 0 Å². The second-order valence-corrected chi connectivity index (χ2v) is 4.51. The Hall–Kier alpha value is -1.56. The van der Waals surface area contributed by atoms with Crippen LogP contribution in [0.1, 0.15) is 37.2 Å². The first kappa shape index (κ1) is 12.9. The summed E-state index contributed by atoms with van der Waals surface area (Å²) in [4.78, 5) is 12.0. The Kier molecular flexibility index (Phi) is 3.86. The standard InChI is InChI=1S/C12H20N4O2/c1-3-16-7-10(13)11(15-16)12(17)14-8-5-9(6-8)18-4-2/h7-9H,3-6,13H2,1-2H3,(H,14,17). The number of nitrogens with two attached hydrogens (primary N) is 1. The summed E-state index contributed by atoms with van der Waals surface area (Å²) in [6.45, 7) is 5.35. The molecule has 0 spiro atoms. The number of nitrogens with zero attached hydrogens (tertiary/aromatic N) is 2. The van der Waals surface area contributed by atoms with E-state index in [1.54, 1.807) is 10.9 Å². The molecular formula is C12H20N4O2. The van der Waals surface area contributed by atoms with Crippen LogP contribution in [0, 0.1) is 0 Å². The van der Waals surface area contributed by atoms with Crippen molar-refractivity contribution in [1.82, 2.24) is 15.1 Å². The van der Waals surface area contributed by atoms with Crippen LogP contribution in [0.3, 0.4) is 0 Å². The lowest BCUT2D eigenvalue weighted by Gasteiger charge is -2.35. The Morgan fingerprint density at radius 2 is 2.33 bits per heavy atom. The molecule has 0 saturated heterocycles. The van der Waals surface area contributed by atoms with E-state index in [0.717, 1.165) is 19.4 Å². The summed E-state index contributed by atoms with van der Waals surface area (Å²) in [6, 6.07) is 0.181. The van der Waals surface area contributed by atoms with Gasteiger partial charge in [-0.2, -0.15) is 5.10 Å². The Labute approximate surface area is 106 Å². The van der Waals surface area contributed by atoms with E-state index in [9.17, 15) is 4.79 Å². The lowest BCUT2D eigenvalue weighted by Crippen LogP contribution is -2.48. The van der Waals surface area contributed by atoms with Crippen molar-refractivity contribution in [1.29, 1.82) is 0 Å². The van der Waals surface area contributed by atoms with Gasteiger partial charge in [0.1, 0.15) is 0 Å². The van der Waals surface area contributed by atoms with Gasteiger partial charge in [-0.3, -0.25) is 9.48 Å². The van der Waals surface area contributed by atoms with Crippen LogP contribution in [0.25, 0.3) is 0 Å². The lowest BCUT2D eigenvalue weighted by molar-refractivity contribution is -0.00866. The molecule has 1 aromatic heterocycles. The lowest BCUT2D eigenvalue weighted by atomic mass is 9.89. The molecule has 2 rings (SSSR count). The molecule has 0 aliphatic heterocycles. The minimum absolute atomic E-state index is 0.181. The maximum Gasteiger partial charge on any atom is 0.274 e. The highest BCUT2D eigenvalue weighted by Gasteiger charge is 2.31. The van der Waals surface area contributed by atoms with Crippen molar-refractivity contribution < 1.29 is 9.53 Å². The molecular weight excluding hydrogens is 232 g/mol. The molecule has 0 aromatic carbocycles. The average Bonchev–Trinajstić information content (AvgIpc) is 2.68. The average molecular weight is 252 g/mol. The van der Waals surface area contributed by atoms with Crippen molar-refractivity contribution in [3.8, 4) is 0 Å². The molecule has 1 fully saturated rings. The van der Waals surface area contributed by atoms with Gasteiger partial charge in [0.15, 0.2) is 5.69 Å². The Morgan fingerprint density at radius 3 is 2.89 bits per heavy atom. The van der Waals surface area contributed by atoms with Crippen LogP contribution in [0.5, 0.6) is 0 Å². The highest BCUT2D eigenvalue weighted by molar-refractivity contribution is 5.97. The Balaban J connectivity index is 1.87. The van der Waals surface area contributed by atoms with Crippen LogP contribution < -0.4 is 11.1 Å². The zero-order valence-electron chi connectivity index (χ0n) is 10.8. The molecule has 6 heteroatoms. The van der Waals surface area contributed by atoms with Gasteiger partial charge in [-0.15, -0.1) is 0 Å². The van der Waals surface area contributed by atoms with Gasteiger partial charge < -0.3 is 15.8 Å². The number of hydrogen-bond donors (Lipinski definition) is 2. The molecule has 1 aromatic rings. The van der Waals surface area contributed by atoms with E-state index in [0.29, 0.717) is 17.9 Å². The van der Waals surface area contributed by atoms with Gasteiger partial charge in [0.05, 0.1) is 11.8 Å². The Bertz CT molecular complexity index is 424. The fourth-order valence-electron chi connectivity index (χ4n) is 2.08. The van der Waals surface area contributed by atoms with Gasteiger partial charge in [-0.1, -0.05) is 0 Å². The van der Waals surface area contributed by atoms with Gasteiger partial charge in [0.25, 0.3) is 5.91 Å². The molecule has 100 valence electrons. The molecule has 1 saturated carbocycles. The minimum atomic E-state index is -0.195. The molecule has 0 atom stereocenters. The summed E-state index contributed by atoms with van der Waals surface area (Å²) in [5, 5.41) is 7.07. The van der Waals surface area contributed by atoms with E-state index in [-0.39, 0.29) is 18.1 Å². The first-order valence-corrected chi connectivity index (χ1v) is 6.39. The van der Waals surface area contributed by atoms with Crippen molar-refractivity contribution in [2.24, 2.45) is 0 Å². The zero-order chi connectivity index (χ0) is 13.1. The molecule has 1 heterocycles. The number of anilines is 1.